The van der Waals surface area contributed by atoms with Crippen molar-refractivity contribution in [3.8, 4) is 0 Å². The van der Waals surface area contributed by atoms with E-state index >= 15 is 0 Å². The van der Waals surface area contributed by atoms with Gasteiger partial charge in [-0.2, -0.15) is 0 Å². The molecule has 0 heterocycles. The van der Waals surface area contributed by atoms with Crippen molar-refractivity contribution in [3.63, 3.8) is 0 Å². The average molecular weight is 143 g/mol. The number of carbonyl (C=O) groups is 1. The van der Waals surface area contributed by atoms with Crippen molar-refractivity contribution in [3.05, 3.63) is 0 Å². The lowest BCUT2D eigenvalue weighted by Crippen LogP contribution is -2.23. The van der Waals surface area contributed by atoms with Crippen LogP contribution in [0.4, 0.5) is 0 Å². The fourth-order valence-corrected chi connectivity index (χ4v) is 0.851. The van der Waals surface area contributed by atoms with Crippen molar-refractivity contribution in [1.82, 2.24) is 5.32 Å². The second-order valence-electron chi connectivity index (χ2n) is 3.81. The topological polar surface area (TPSA) is 29.1 Å². The van der Waals surface area contributed by atoms with Crippen LogP contribution in [0.15, 0.2) is 0 Å². The van der Waals surface area contributed by atoms with Crippen molar-refractivity contribution < 1.29 is 4.79 Å². The van der Waals surface area contributed by atoms with Crippen LogP contribution >= 0.6 is 0 Å². The molecule has 10 heavy (non-hydrogen) atoms. The van der Waals surface area contributed by atoms with Gasteiger partial charge in [0, 0.05) is 6.42 Å². The quantitative estimate of drug-likeness (QED) is 0.643. The van der Waals surface area contributed by atoms with E-state index in [4.69, 9.17) is 0 Å². The highest BCUT2D eigenvalue weighted by molar-refractivity contribution is 5.80. The largest absolute Gasteiger partial charge is 0.313 e. The maximum atomic E-state index is 11.0. The molecule has 0 aromatic rings. The van der Waals surface area contributed by atoms with Gasteiger partial charge in [0.2, 0.25) is 0 Å². The molecule has 0 aromatic carbocycles. The van der Waals surface area contributed by atoms with Crippen LogP contribution in [0, 0.1) is 5.41 Å². The monoisotopic (exact) mass is 143 g/mol. The van der Waals surface area contributed by atoms with Gasteiger partial charge in [-0.1, -0.05) is 20.8 Å². The Labute approximate surface area is 63.0 Å². The van der Waals surface area contributed by atoms with Gasteiger partial charge in [0.1, 0.15) is 5.78 Å². The molecule has 0 aromatic heterocycles. The Bertz CT molecular complexity index is 113. The first kappa shape index (κ1) is 9.63. The standard InChI is InChI=1S/C8H17NO/c1-8(2,3)5-7(10)6-9-4/h9H,5-6H2,1-4H3. The Balaban J connectivity index is 3.58. The van der Waals surface area contributed by atoms with Gasteiger partial charge in [-0.15, -0.1) is 0 Å². The van der Waals surface area contributed by atoms with Gasteiger partial charge in [-0.3, -0.25) is 4.79 Å². The Morgan fingerprint density at radius 2 is 1.90 bits per heavy atom. The van der Waals surface area contributed by atoms with E-state index in [1.807, 2.05) is 0 Å². The average Bonchev–Trinajstić information content (AvgIpc) is 1.59. The predicted octanol–water partition coefficient (Wildman–Crippen LogP) is 1.21. The van der Waals surface area contributed by atoms with Gasteiger partial charge >= 0.3 is 0 Å². The Morgan fingerprint density at radius 3 is 2.20 bits per heavy atom. The molecule has 0 rings (SSSR count). The summed E-state index contributed by atoms with van der Waals surface area (Å²) in [6.07, 6.45) is 0.661. The summed E-state index contributed by atoms with van der Waals surface area (Å²) < 4.78 is 0. The number of rotatable bonds is 3. The minimum atomic E-state index is 0.133. The second kappa shape index (κ2) is 3.71. The van der Waals surface area contributed by atoms with E-state index in [0.717, 1.165) is 0 Å². The third-order valence-electron chi connectivity index (χ3n) is 1.10. The minimum Gasteiger partial charge on any atom is -0.313 e. The van der Waals surface area contributed by atoms with Crippen LogP contribution in [-0.2, 0) is 4.79 Å². The molecule has 0 aliphatic carbocycles. The molecule has 60 valence electrons. The number of Topliss-reactive ketones (excluding diaryl/α,β-unsaturated/α-hetero) is 1. The van der Waals surface area contributed by atoms with Gasteiger partial charge in [0.25, 0.3) is 0 Å². The SMILES string of the molecule is CNCC(=O)CC(C)(C)C. The summed E-state index contributed by atoms with van der Waals surface area (Å²) in [6, 6.07) is 0. The highest BCUT2D eigenvalue weighted by Gasteiger charge is 2.14. The van der Waals surface area contributed by atoms with Crippen LogP contribution in [0.25, 0.3) is 0 Å². The number of carbonyl (C=O) groups excluding carboxylic acids is 1. The summed E-state index contributed by atoms with van der Waals surface area (Å²) in [4.78, 5) is 11.0. The van der Waals surface area contributed by atoms with Crippen molar-refractivity contribution in [1.29, 1.82) is 0 Å². The van der Waals surface area contributed by atoms with E-state index in [2.05, 4.69) is 26.1 Å². The molecule has 0 aliphatic rings. The maximum Gasteiger partial charge on any atom is 0.147 e. The first-order valence-corrected chi connectivity index (χ1v) is 3.62. The van der Waals surface area contributed by atoms with E-state index in [9.17, 15) is 4.79 Å². The van der Waals surface area contributed by atoms with E-state index < -0.39 is 0 Å². The molecule has 0 bridgehead atoms. The van der Waals surface area contributed by atoms with E-state index in [1.165, 1.54) is 0 Å². The highest BCUT2D eigenvalue weighted by atomic mass is 16.1. The summed E-state index contributed by atoms with van der Waals surface area (Å²) in [5.74, 6) is 0.287. The van der Waals surface area contributed by atoms with Crippen LogP contribution in [0.5, 0.6) is 0 Å². The molecule has 0 saturated heterocycles. The normalized spacial score (nSPS) is 11.6. The molecule has 2 heteroatoms. The molecule has 0 unspecified atom stereocenters. The molecular formula is C8H17NO. The van der Waals surface area contributed by atoms with Gasteiger partial charge in [0.15, 0.2) is 0 Å². The molecular weight excluding hydrogens is 126 g/mol. The smallest absolute Gasteiger partial charge is 0.147 e. The molecule has 0 amide bonds. The summed E-state index contributed by atoms with van der Waals surface area (Å²) in [5.41, 5.74) is 0.133. The van der Waals surface area contributed by atoms with Gasteiger partial charge < -0.3 is 5.32 Å². The number of likely N-dealkylation sites (N-methyl/N-ethyl adjacent to an activating group) is 1. The fourth-order valence-electron chi connectivity index (χ4n) is 0.851. The summed E-state index contributed by atoms with van der Waals surface area (Å²) in [5, 5.41) is 2.84. The van der Waals surface area contributed by atoms with Crippen molar-refractivity contribution in [2.75, 3.05) is 13.6 Å². The molecule has 0 radical (unpaired) electrons. The third-order valence-corrected chi connectivity index (χ3v) is 1.10. The molecule has 0 fully saturated rings. The zero-order valence-electron chi connectivity index (χ0n) is 7.32. The van der Waals surface area contributed by atoms with Crippen molar-refractivity contribution >= 4 is 5.78 Å². The minimum absolute atomic E-state index is 0.133. The van der Waals surface area contributed by atoms with E-state index in [-0.39, 0.29) is 11.2 Å². The Kier molecular flexibility index (Phi) is 3.58. The molecule has 0 aliphatic heterocycles. The zero-order chi connectivity index (χ0) is 8.20. The lowest BCUT2D eigenvalue weighted by Gasteiger charge is -2.16. The number of hydrogen-bond donors (Lipinski definition) is 1. The third kappa shape index (κ3) is 5.76. The van der Waals surface area contributed by atoms with Crippen LogP contribution in [0.1, 0.15) is 27.2 Å². The molecule has 2 nitrogen and oxygen atoms in total. The maximum absolute atomic E-state index is 11.0. The molecule has 0 saturated carbocycles. The van der Waals surface area contributed by atoms with Gasteiger partial charge in [0.05, 0.1) is 6.54 Å². The van der Waals surface area contributed by atoms with Crippen LogP contribution in [0.3, 0.4) is 0 Å². The van der Waals surface area contributed by atoms with Crippen molar-refractivity contribution in [2.24, 2.45) is 5.41 Å². The zero-order valence-corrected chi connectivity index (χ0v) is 7.32. The molecule has 0 spiro atoms. The van der Waals surface area contributed by atoms with Crippen LogP contribution < -0.4 is 5.32 Å². The lowest BCUT2D eigenvalue weighted by atomic mass is 9.90. The number of nitrogens with one attached hydrogen (secondary N) is 1. The Hall–Kier alpha value is -0.370. The Morgan fingerprint density at radius 1 is 1.40 bits per heavy atom. The van der Waals surface area contributed by atoms with Crippen LogP contribution in [0.2, 0.25) is 0 Å². The van der Waals surface area contributed by atoms with Crippen molar-refractivity contribution in [2.45, 2.75) is 27.2 Å². The van der Waals surface area contributed by atoms with Gasteiger partial charge in [-0.25, -0.2) is 0 Å². The molecule has 1 N–H and O–H groups in total. The highest BCUT2D eigenvalue weighted by Crippen LogP contribution is 2.17. The van der Waals surface area contributed by atoms with Gasteiger partial charge in [-0.05, 0) is 12.5 Å². The second-order valence-corrected chi connectivity index (χ2v) is 3.81. The van der Waals surface area contributed by atoms with E-state index in [0.29, 0.717) is 13.0 Å². The lowest BCUT2D eigenvalue weighted by molar-refractivity contribution is -0.119. The number of hydrogen-bond acceptors (Lipinski definition) is 2. The summed E-state index contributed by atoms with van der Waals surface area (Å²) in [7, 11) is 1.79. The predicted molar refractivity (Wildman–Crippen MR) is 43.0 cm³/mol. The summed E-state index contributed by atoms with van der Waals surface area (Å²) >= 11 is 0. The van der Waals surface area contributed by atoms with Crippen LogP contribution in [-0.4, -0.2) is 19.4 Å². The first-order chi connectivity index (χ1) is 4.45. The fraction of sp³-hybridized carbons (Fsp3) is 0.875. The molecule has 0 atom stereocenters. The summed E-state index contributed by atoms with van der Waals surface area (Å²) in [6.45, 7) is 6.71. The first-order valence-electron chi connectivity index (χ1n) is 3.62. The number of ketones is 1. The van der Waals surface area contributed by atoms with E-state index in [1.54, 1.807) is 7.05 Å².